The molecule has 1 amide bonds. The second kappa shape index (κ2) is 7.00. The van der Waals surface area contributed by atoms with Crippen molar-refractivity contribution in [1.29, 1.82) is 0 Å². The molecule has 26 heavy (non-hydrogen) atoms. The van der Waals surface area contributed by atoms with Gasteiger partial charge in [-0.15, -0.1) is 0 Å². The topological polar surface area (TPSA) is 69.0 Å². The van der Waals surface area contributed by atoms with Crippen LogP contribution in [-0.2, 0) is 11.8 Å². The van der Waals surface area contributed by atoms with E-state index in [0.29, 0.717) is 5.69 Å². The minimum atomic E-state index is -0.537. The lowest BCUT2D eigenvalue weighted by Crippen LogP contribution is -2.27. The summed E-state index contributed by atoms with van der Waals surface area (Å²) in [5, 5.41) is 6.81. The van der Waals surface area contributed by atoms with Crippen molar-refractivity contribution in [3.63, 3.8) is 0 Å². The highest BCUT2D eigenvalue weighted by atomic mass is 16.6. The molecule has 3 rings (SSSR count). The monoisotopic (exact) mass is 349 g/mol. The molecule has 6 heteroatoms. The molecule has 0 atom stereocenters. The lowest BCUT2D eigenvalue weighted by Gasteiger charge is -2.19. The molecular weight excluding hydrogens is 328 g/mol. The second-order valence-electron chi connectivity index (χ2n) is 6.93. The van der Waals surface area contributed by atoms with Crippen LogP contribution in [0.3, 0.4) is 0 Å². The third-order valence-electron chi connectivity index (χ3n) is 3.54. The SMILES string of the molecule is Cn1[c]c(-c2ccc(-c3ccc(NC(=O)OC(C)(C)C)cn3)cc2)cn1. The summed E-state index contributed by atoms with van der Waals surface area (Å²) in [6, 6.07) is 11.7. The van der Waals surface area contributed by atoms with Crippen molar-refractivity contribution in [1.82, 2.24) is 14.8 Å². The van der Waals surface area contributed by atoms with E-state index in [1.54, 1.807) is 23.1 Å². The Balaban J connectivity index is 1.69. The third-order valence-corrected chi connectivity index (χ3v) is 3.54. The molecule has 133 valence electrons. The zero-order valence-electron chi connectivity index (χ0n) is 15.3. The van der Waals surface area contributed by atoms with Crippen LogP contribution < -0.4 is 5.32 Å². The first-order valence-corrected chi connectivity index (χ1v) is 8.28. The number of carbonyl (C=O) groups excluding carboxylic acids is 1. The highest BCUT2D eigenvalue weighted by molar-refractivity contribution is 5.84. The molecule has 0 spiro atoms. The average molecular weight is 349 g/mol. The van der Waals surface area contributed by atoms with Gasteiger partial charge >= 0.3 is 6.09 Å². The van der Waals surface area contributed by atoms with Crippen molar-refractivity contribution in [3.8, 4) is 22.4 Å². The van der Waals surface area contributed by atoms with E-state index in [4.69, 9.17) is 4.74 Å². The second-order valence-corrected chi connectivity index (χ2v) is 6.93. The maximum atomic E-state index is 11.8. The van der Waals surface area contributed by atoms with Gasteiger partial charge in [0.25, 0.3) is 0 Å². The van der Waals surface area contributed by atoms with Crippen LogP contribution in [0.5, 0.6) is 0 Å². The Morgan fingerprint density at radius 2 is 1.77 bits per heavy atom. The van der Waals surface area contributed by atoms with Crippen LogP contribution in [-0.4, -0.2) is 26.5 Å². The number of anilines is 1. The van der Waals surface area contributed by atoms with Gasteiger partial charge in [0.05, 0.1) is 30.0 Å². The number of aryl methyl sites for hydroxylation is 1. The number of pyridine rings is 1. The molecule has 1 radical (unpaired) electrons. The minimum absolute atomic E-state index is 0.496. The van der Waals surface area contributed by atoms with Crippen LogP contribution in [0.4, 0.5) is 10.5 Å². The molecule has 1 aromatic carbocycles. The summed E-state index contributed by atoms with van der Waals surface area (Å²) in [5.74, 6) is 0. The first-order valence-electron chi connectivity index (χ1n) is 8.28. The Morgan fingerprint density at radius 1 is 1.08 bits per heavy atom. The van der Waals surface area contributed by atoms with E-state index in [9.17, 15) is 4.79 Å². The van der Waals surface area contributed by atoms with E-state index < -0.39 is 11.7 Å². The molecule has 2 heterocycles. The fraction of sp³-hybridized carbons (Fsp3) is 0.250. The van der Waals surface area contributed by atoms with Gasteiger partial charge in [-0.25, -0.2) is 4.79 Å². The lowest BCUT2D eigenvalue weighted by molar-refractivity contribution is 0.0636. The van der Waals surface area contributed by atoms with Crippen molar-refractivity contribution in [2.24, 2.45) is 7.05 Å². The largest absolute Gasteiger partial charge is 0.444 e. The molecule has 0 bridgehead atoms. The average Bonchev–Trinajstić information content (AvgIpc) is 3.00. The van der Waals surface area contributed by atoms with E-state index in [1.807, 2.05) is 58.2 Å². The molecule has 0 saturated heterocycles. The van der Waals surface area contributed by atoms with Crippen molar-refractivity contribution >= 4 is 11.8 Å². The highest BCUT2D eigenvalue weighted by Gasteiger charge is 2.16. The molecule has 0 fully saturated rings. The third kappa shape index (κ3) is 4.47. The van der Waals surface area contributed by atoms with Crippen LogP contribution in [0.1, 0.15) is 20.8 Å². The molecule has 0 aliphatic heterocycles. The summed E-state index contributed by atoms with van der Waals surface area (Å²) < 4.78 is 6.88. The van der Waals surface area contributed by atoms with Gasteiger partial charge in [0, 0.05) is 18.2 Å². The normalized spacial score (nSPS) is 11.2. The Kier molecular flexibility index (Phi) is 4.75. The number of aromatic nitrogens is 3. The summed E-state index contributed by atoms with van der Waals surface area (Å²) >= 11 is 0. The fourth-order valence-corrected chi connectivity index (χ4v) is 2.40. The molecule has 1 N–H and O–H groups in total. The van der Waals surface area contributed by atoms with Gasteiger partial charge in [-0.2, -0.15) is 5.10 Å². The maximum Gasteiger partial charge on any atom is 0.412 e. The summed E-state index contributed by atoms with van der Waals surface area (Å²) in [4.78, 5) is 16.2. The number of benzene rings is 1. The van der Waals surface area contributed by atoms with Crippen LogP contribution in [0.2, 0.25) is 0 Å². The number of rotatable bonds is 3. The van der Waals surface area contributed by atoms with Gasteiger partial charge in [-0.1, -0.05) is 24.3 Å². The molecule has 0 aliphatic carbocycles. The van der Waals surface area contributed by atoms with E-state index in [0.717, 1.165) is 22.4 Å². The van der Waals surface area contributed by atoms with Crippen LogP contribution >= 0.6 is 0 Å². The van der Waals surface area contributed by atoms with Crippen molar-refractivity contribution < 1.29 is 9.53 Å². The molecule has 3 aromatic rings. The summed E-state index contributed by atoms with van der Waals surface area (Å²) in [5.41, 5.74) is 3.85. The molecule has 0 aliphatic rings. The van der Waals surface area contributed by atoms with Gasteiger partial charge in [0.15, 0.2) is 0 Å². The smallest absolute Gasteiger partial charge is 0.412 e. The fourth-order valence-electron chi connectivity index (χ4n) is 2.40. The zero-order chi connectivity index (χ0) is 18.7. The van der Waals surface area contributed by atoms with E-state index in [1.165, 1.54) is 0 Å². The number of hydrogen-bond acceptors (Lipinski definition) is 4. The van der Waals surface area contributed by atoms with Gasteiger partial charge in [-0.3, -0.25) is 15.0 Å². The lowest BCUT2D eigenvalue weighted by atomic mass is 10.1. The Hall–Kier alpha value is -3.15. The molecular formula is C20H21N4O2. The summed E-state index contributed by atoms with van der Waals surface area (Å²) in [6.45, 7) is 5.46. The standard InChI is InChI=1S/C20H21N4O2/c1-20(2,3)26-19(25)23-17-9-10-18(21-12-17)15-7-5-14(6-8-15)16-11-22-24(4)13-16/h5-12H,1-4H3,(H,23,25). The van der Waals surface area contributed by atoms with E-state index >= 15 is 0 Å². The Labute approximate surface area is 152 Å². The van der Waals surface area contributed by atoms with E-state index in [2.05, 4.69) is 21.6 Å². The van der Waals surface area contributed by atoms with Crippen molar-refractivity contribution in [2.45, 2.75) is 26.4 Å². The Bertz CT molecular complexity index is 891. The minimum Gasteiger partial charge on any atom is -0.444 e. The molecule has 2 aromatic heterocycles. The van der Waals surface area contributed by atoms with Crippen LogP contribution in [0, 0.1) is 6.20 Å². The predicted octanol–water partition coefficient (Wildman–Crippen LogP) is 4.30. The Morgan fingerprint density at radius 3 is 2.31 bits per heavy atom. The van der Waals surface area contributed by atoms with Crippen molar-refractivity contribution in [3.05, 3.63) is 55.0 Å². The van der Waals surface area contributed by atoms with E-state index in [-0.39, 0.29) is 0 Å². The zero-order valence-corrected chi connectivity index (χ0v) is 15.3. The first kappa shape index (κ1) is 17.7. The van der Waals surface area contributed by atoms with Crippen LogP contribution in [0.25, 0.3) is 22.4 Å². The highest BCUT2D eigenvalue weighted by Crippen LogP contribution is 2.24. The first-order chi connectivity index (χ1) is 12.3. The van der Waals surface area contributed by atoms with Gasteiger partial charge < -0.3 is 4.74 Å². The molecule has 0 unspecified atom stereocenters. The molecule has 6 nitrogen and oxygen atoms in total. The quantitative estimate of drug-likeness (QED) is 0.765. The van der Waals surface area contributed by atoms with Crippen LogP contribution in [0.15, 0.2) is 48.8 Å². The number of nitrogens with zero attached hydrogens (tertiary/aromatic N) is 3. The number of carbonyl (C=O) groups is 1. The number of hydrogen-bond donors (Lipinski definition) is 1. The number of ether oxygens (including phenoxy) is 1. The van der Waals surface area contributed by atoms with Gasteiger partial charge in [-0.05, 0) is 38.5 Å². The maximum absolute atomic E-state index is 11.8. The van der Waals surface area contributed by atoms with Gasteiger partial charge in [0.1, 0.15) is 5.60 Å². The summed E-state index contributed by atoms with van der Waals surface area (Å²) in [6.07, 6.45) is 6.03. The number of amides is 1. The number of nitrogens with one attached hydrogen (secondary N) is 1. The van der Waals surface area contributed by atoms with Gasteiger partial charge in [0.2, 0.25) is 0 Å². The summed E-state index contributed by atoms with van der Waals surface area (Å²) in [7, 11) is 1.84. The van der Waals surface area contributed by atoms with Crippen molar-refractivity contribution in [2.75, 3.05) is 5.32 Å². The predicted molar refractivity (Wildman–Crippen MR) is 101 cm³/mol. The molecule has 0 saturated carbocycles.